The maximum absolute atomic E-state index is 13.8. The van der Waals surface area contributed by atoms with E-state index >= 15 is 0 Å². The number of carbonyl (C=O) groups excluding carboxylic acids is 1. The van der Waals surface area contributed by atoms with Crippen LogP contribution in [0.2, 0.25) is 0 Å². The Kier molecular flexibility index (Phi) is 4.58. The monoisotopic (exact) mass is 401 g/mol. The molecule has 0 spiro atoms. The van der Waals surface area contributed by atoms with Gasteiger partial charge in [0.2, 0.25) is 0 Å². The molecule has 3 aromatic heterocycles. The fourth-order valence-electron chi connectivity index (χ4n) is 4.32. The standard InChI is InChI=1S/C23H23N5O2/c1-15-21-18(12-19(25-22(21)30-26-15)17-13-24-27(2)14-17)23(29)28-11-7-6-10-20(28)16-8-4-3-5-9-16/h3-5,8-9,12-14,20H,6-7,10-11H2,1-2H3. The average molecular weight is 401 g/mol. The third-order valence-corrected chi connectivity index (χ3v) is 5.80. The van der Waals surface area contributed by atoms with Crippen molar-refractivity contribution in [1.82, 2.24) is 24.8 Å². The van der Waals surface area contributed by atoms with Gasteiger partial charge >= 0.3 is 0 Å². The molecule has 1 aromatic carbocycles. The Morgan fingerprint density at radius 1 is 1.20 bits per heavy atom. The second-order valence-corrected chi connectivity index (χ2v) is 7.83. The first-order valence-electron chi connectivity index (χ1n) is 10.2. The zero-order chi connectivity index (χ0) is 20.7. The van der Waals surface area contributed by atoms with E-state index in [4.69, 9.17) is 4.52 Å². The first kappa shape index (κ1) is 18.5. The first-order valence-corrected chi connectivity index (χ1v) is 10.2. The predicted octanol–water partition coefficient (Wildman–Crippen LogP) is 4.30. The molecule has 4 aromatic rings. The lowest BCUT2D eigenvalue weighted by Crippen LogP contribution is -2.38. The Hall–Kier alpha value is -3.48. The van der Waals surface area contributed by atoms with E-state index in [-0.39, 0.29) is 11.9 Å². The van der Waals surface area contributed by atoms with Gasteiger partial charge in [-0.15, -0.1) is 0 Å². The molecule has 1 saturated heterocycles. The van der Waals surface area contributed by atoms with E-state index < -0.39 is 0 Å². The molecule has 1 atom stereocenters. The zero-order valence-corrected chi connectivity index (χ0v) is 17.1. The number of benzene rings is 1. The number of aromatic nitrogens is 4. The Bertz CT molecular complexity index is 1210. The van der Waals surface area contributed by atoms with Crippen molar-refractivity contribution < 1.29 is 9.32 Å². The maximum Gasteiger partial charge on any atom is 0.259 e. The average Bonchev–Trinajstić information content (AvgIpc) is 3.39. The molecule has 1 amide bonds. The molecule has 152 valence electrons. The van der Waals surface area contributed by atoms with Gasteiger partial charge < -0.3 is 9.42 Å². The van der Waals surface area contributed by atoms with Crippen molar-refractivity contribution in [3.05, 3.63) is 65.6 Å². The molecule has 30 heavy (non-hydrogen) atoms. The van der Waals surface area contributed by atoms with Crippen LogP contribution < -0.4 is 0 Å². The molecule has 0 aliphatic carbocycles. The summed E-state index contributed by atoms with van der Waals surface area (Å²) in [5.41, 5.74) is 4.30. The van der Waals surface area contributed by atoms with E-state index in [0.29, 0.717) is 28.1 Å². The fraction of sp³-hybridized carbons (Fsp3) is 0.304. The minimum atomic E-state index is -0.00704. The van der Waals surface area contributed by atoms with Crippen molar-refractivity contribution >= 4 is 17.0 Å². The Morgan fingerprint density at radius 2 is 2.03 bits per heavy atom. The number of carbonyl (C=O) groups is 1. The number of likely N-dealkylation sites (tertiary alicyclic amines) is 1. The van der Waals surface area contributed by atoms with E-state index in [1.54, 1.807) is 10.9 Å². The summed E-state index contributed by atoms with van der Waals surface area (Å²) in [5.74, 6) is -0.00704. The third kappa shape index (κ3) is 3.16. The molecule has 0 radical (unpaired) electrons. The number of pyridine rings is 1. The number of hydrogen-bond donors (Lipinski definition) is 0. The van der Waals surface area contributed by atoms with Gasteiger partial charge in [-0.2, -0.15) is 5.10 Å². The lowest BCUT2D eigenvalue weighted by atomic mass is 9.94. The van der Waals surface area contributed by atoms with Gasteiger partial charge in [-0.05, 0) is 37.8 Å². The van der Waals surface area contributed by atoms with E-state index in [1.807, 2.05) is 49.3 Å². The Balaban J connectivity index is 1.62. The summed E-state index contributed by atoms with van der Waals surface area (Å²) in [6, 6.07) is 12.2. The molecule has 5 rings (SSSR count). The van der Waals surface area contributed by atoms with Gasteiger partial charge in [0, 0.05) is 25.4 Å². The summed E-state index contributed by atoms with van der Waals surface area (Å²) in [6.07, 6.45) is 6.68. The highest BCUT2D eigenvalue weighted by molar-refractivity contribution is 6.07. The summed E-state index contributed by atoms with van der Waals surface area (Å²) in [7, 11) is 1.85. The van der Waals surface area contributed by atoms with Crippen molar-refractivity contribution in [3.8, 4) is 11.3 Å². The number of amides is 1. The largest absolute Gasteiger partial charge is 0.335 e. The van der Waals surface area contributed by atoms with Crippen LogP contribution in [0, 0.1) is 6.92 Å². The molecule has 1 aliphatic heterocycles. The van der Waals surface area contributed by atoms with Crippen molar-refractivity contribution in [1.29, 1.82) is 0 Å². The van der Waals surface area contributed by atoms with Crippen molar-refractivity contribution in [3.63, 3.8) is 0 Å². The van der Waals surface area contributed by atoms with Crippen LogP contribution in [0.15, 0.2) is 53.3 Å². The van der Waals surface area contributed by atoms with Crippen molar-refractivity contribution in [2.24, 2.45) is 7.05 Å². The van der Waals surface area contributed by atoms with E-state index in [1.165, 1.54) is 5.56 Å². The summed E-state index contributed by atoms with van der Waals surface area (Å²) >= 11 is 0. The lowest BCUT2D eigenvalue weighted by molar-refractivity contribution is 0.0613. The van der Waals surface area contributed by atoms with Crippen LogP contribution in [-0.2, 0) is 7.05 Å². The molecule has 7 nitrogen and oxygen atoms in total. The number of nitrogens with zero attached hydrogens (tertiary/aromatic N) is 5. The molecule has 0 bridgehead atoms. The third-order valence-electron chi connectivity index (χ3n) is 5.80. The van der Waals surface area contributed by atoms with Crippen LogP contribution in [0.1, 0.15) is 46.9 Å². The van der Waals surface area contributed by atoms with Crippen LogP contribution in [0.3, 0.4) is 0 Å². The molecule has 1 aliphatic rings. The van der Waals surface area contributed by atoms with Crippen LogP contribution in [0.25, 0.3) is 22.4 Å². The van der Waals surface area contributed by atoms with Gasteiger partial charge in [0.05, 0.1) is 34.6 Å². The normalized spacial score (nSPS) is 16.9. The van der Waals surface area contributed by atoms with E-state index in [2.05, 4.69) is 27.4 Å². The molecule has 4 heterocycles. The van der Waals surface area contributed by atoms with Gasteiger partial charge in [-0.3, -0.25) is 9.48 Å². The number of rotatable bonds is 3. The van der Waals surface area contributed by atoms with Crippen LogP contribution in [0.4, 0.5) is 0 Å². The first-order chi connectivity index (χ1) is 14.6. The molecule has 7 heteroatoms. The second-order valence-electron chi connectivity index (χ2n) is 7.83. The molecule has 0 saturated carbocycles. The summed E-state index contributed by atoms with van der Waals surface area (Å²) in [4.78, 5) is 20.4. The summed E-state index contributed by atoms with van der Waals surface area (Å²) in [6.45, 7) is 2.58. The highest BCUT2D eigenvalue weighted by Gasteiger charge is 2.31. The molecular formula is C23H23N5O2. The molecule has 1 fully saturated rings. The molecular weight excluding hydrogens is 378 g/mol. The topological polar surface area (TPSA) is 77.0 Å². The van der Waals surface area contributed by atoms with E-state index in [0.717, 1.165) is 31.4 Å². The van der Waals surface area contributed by atoms with E-state index in [9.17, 15) is 4.79 Å². The van der Waals surface area contributed by atoms with Gasteiger partial charge in [0.1, 0.15) is 0 Å². The van der Waals surface area contributed by atoms with Gasteiger partial charge in [0.15, 0.2) is 0 Å². The number of hydrogen-bond acceptors (Lipinski definition) is 5. The minimum absolute atomic E-state index is 0.00704. The molecule has 1 unspecified atom stereocenters. The van der Waals surface area contributed by atoms with Gasteiger partial charge in [-0.1, -0.05) is 35.5 Å². The smallest absolute Gasteiger partial charge is 0.259 e. The SMILES string of the molecule is Cc1noc2nc(-c3cnn(C)c3)cc(C(=O)N3CCCCC3c3ccccc3)c12. The number of piperidine rings is 1. The van der Waals surface area contributed by atoms with Crippen molar-refractivity contribution in [2.75, 3.05) is 6.54 Å². The summed E-state index contributed by atoms with van der Waals surface area (Å²) < 4.78 is 7.16. The Labute approximate surface area is 174 Å². The highest BCUT2D eigenvalue weighted by atomic mass is 16.5. The van der Waals surface area contributed by atoms with Gasteiger partial charge in [0.25, 0.3) is 11.6 Å². The lowest BCUT2D eigenvalue weighted by Gasteiger charge is -2.36. The number of fused-ring (bicyclic) bond motifs is 1. The maximum atomic E-state index is 13.8. The Morgan fingerprint density at radius 3 is 2.80 bits per heavy atom. The predicted molar refractivity (Wildman–Crippen MR) is 113 cm³/mol. The number of aryl methyl sites for hydroxylation is 2. The van der Waals surface area contributed by atoms with Crippen LogP contribution in [-0.4, -0.2) is 37.3 Å². The quantitative estimate of drug-likeness (QED) is 0.512. The minimum Gasteiger partial charge on any atom is -0.335 e. The molecule has 0 N–H and O–H groups in total. The highest BCUT2D eigenvalue weighted by Crippen LogP contribution is 2.34. The van der Waals surface area contributed by atoms with Crippen molar-refractivity contribution in [2.45, 2.75) is 32.2 Å². The van der Waals surface area contributed by atoms with Gasteiger partial charge in [-0.25, -0.2) is 4.98 Å². The summed E-state index contributed by atoms with van der Waals surface area (Å²) in [5, 5.41) is 8.99. The second kappa shape index (κ2) is 7.40. The van der Waals surface area contributed by atoms with Crippen LogP contribution >= 0.6 is 0 Å². The van der Waals surface area contributed by atoms with Crippen LogP contribution in [0.5, 0.6) is 0 Å². The zero-order valence-electron chi connectivity index (χ0n) is 17.1. The fourth-order valence-corrected chi connectivity index (χ4v) is 4.32.